The number of piperidine rings is 1. The van der Waals surface area contributed by atoms with Gasteiger partial charge in [0, 0.05) is 24.7 Å². The van der Waals surface area contributed by atoms with Gasteiger partial charge in [-0.2, -0.15) is 5.26 Å². The number of carbonyl (C=O) groups is 2. The maximum Gasteiger partial charge on any atom is 0.420 e. The highest BCUT2D eigenvalue weighted by molar-refractivity contribution is 5.95. The number of ether oxygens (including phenoxy) is 1. The Morgan fingerprint density at radius 1 is 1.13 bits per heavy atom. The number of hydrogen-bond acceptors (Lipinski definition) is 6. The molecule has 0 unspecified atom stereocenters. The number of nitrogens with zero attached hydrogens (tertiary/aromatic N) is 3. The summed E-state index contributed by atoms with van der Waals surface area (Å²) in [6.45, 7) is 0.937. The lowest BCUT2D eigenvalue weighted by Gasteiger charge is -2.32. The van der Waals surface area contributed by atoms with Crippen LogP contribution in [0.5, 0.6) is 0 Å². The molecule has 1 aromatic heterocycles. The molecule has 30 heavy (non-hydrogen) atoms. The van der Waals surface area contributed by atoms with Crippen molar-refractivity contribution in [2.75, 3.05) is 20.2 Å². The van der Waals surface area contributed by atoms with Crippen LogP contribution >= 0.6 is 0 Å². The van der Waals surface area contributed by atoms with Gasteiger partial charge in [-0.15, -0.1) is 0 Å². The number of methoxy groups -OCH3 is 1. The third kappa shape index (κ3) is 3.46. The maximum atomic E-state index is 12.8. The van der Waals surface area contributed by atoms with Gasteiger partial charge in [-0.25, -0.2) is 9.59 Å². The minimum Gasteiger partial charge on any atom is -0.465 e. The van der Waals surface area contributed by atoms with E-state index in [1.54, 1.807) is 51.9 Å². The maximum absolute atomic E-state index is 12.8. The predicted octanol–water partition coefficient (Wildman–Crippen LogP) is 2.73. The van der Waals surface area contributed by atoms with Gasteiger partial charge in [0.2, 0.25) is 0 Å². The minimum absolute atomic E-state index is 0.136. The lowest BCUT2D eigenvalue weighted by Crippen LogP contribution is -2.40. The van der Waals surface area contributed by atoms with Gasteiger partial charge >= 0.3 is 11.7 Å². The van der Waals surface area contributed by atoms with Gasteiger partial charge in [0.1, 0.15) is 0 Å². The number of oxazole rings is 1. The third-order valence-corrected chi connectivity index (χ3v) is 5.39. The number of hydrogen-bond donors (Lipinski definition) is 0. The Hall–Kier alpha value is -3.86. The van der Waals surface area contributed by atoms with E-state index in [2.05, 4.69) is 0 Å². The summed E-state index contributed by atoms with van der Waals surface area (Å²) in [5.74, 6) is -1.11. The molecule has 1 aliphatic heterocycles. The zero-order valence-corrected chi connectivity index (χ0v) is 16.3. The van der Waals surface area contributed by atoms with Crippen LogP contribution in [-0.2, 0) is 4.74 Å². The fourth-order valence-electron chi connectivity index (χ4n) is 3.86. The van der Waals surface area contributed by atoms with E-state index in [1.807, 2.05) is 6.07 Å². The molecule has 0 atom stereocenters. The molecule has 8 nitrogen and oxygen atoms in total. The first-order valence-electron chi connectivity index (χ1n) is 9.54. The molecular formula is C22H19N3O5. The highest BCUT2D eigenvalue weighted by Gasteiger charge is 2.27. The molecule has 0 saturated carbocycles. The summed E-state index contributed by atoms with van der Waals surface area (Å²) in [6.07, 6.45) is 1.14. The minimum atomic E-state index is -0.489. The van der Waals surface area contributed by atoms with E-state index in [1.165, 1.54) is 7.11 Å². The average molecular weight is 405 g/mol. The van der Waals surface area contributed by atoms with Crippen LogP contribution in [0.15, 0.2) is 51.7 Å². The van der Waals surface area contributed by atoms with Crippen molar-refractivity contribution < 1.29 is 18.7 Å². The van der Waals surface area contributed by atoms with Gasteiger partial charge in [-0.3, -0.25) is 9.36 Å². The lowest BCUT2D eigenvalue weighted by molar-refractivity contribution is 0.0600. The van der Waals surface area contributed by atoms with Crippen LogP contribution in [0.25, 0.3) is 11.1 Å². The molecule has 0 spiro atoms. The SMILES string of the molecule is COC(=O)c1ccc2oc(=O)n(C3CCN(C(=O)c4cccc(C#N)c4)CC3)c2c1. The summed E-state index contributed by atoms with van der Waals surface area (Å²) in [7, 11) is 1.30. The number of carbonyl (C=O) groups excluding carboxylic acids is 2. The molecule has 4 rings (SSSR count). The Kier molecular flexibility index (Phi) is 5.11. The zero-order chi connectivity index (χ0) is 21.3. The van der Waals surface area contributed by atoms with Crippen molar-refractivity contribution in [3.8, 4) is 6.07 Å². The number of fused-ring (bicyclic) bond motifs is 1. The van der Waals surface area contributed by atoms with E-state index < -0.39 is 11.7 Å². The number of aromatic nitrogens is 1. The van der Waals surface area contributed by atoms with Gasteiger partial charge in [-0.05, 0) is 49.2 Å². The molecule has 1 amide bonds. The molecule has 0 bridgehead atoms. The predicted molar refractivity (Wildman–Crippen MR) is 107 cm³/mol. The summed E-state index contributed by atoms with van der Waals surface area (Å²) in [6, 6.07) is 13.2. The summed E-state index contributed by atoms with van der Waals surface area (Å²) in [5.41, 5.74) is 2.19. The fourth-order valence-corrected chi connectivity index (χ4v) is 3.86. The van der Waals surface area contributed by atoms with Crippen LogP contribution in [0.1, 0.15) is 45.2 Å². The van der Waals surface area contributed by atoms with E-state index in [4.69, 9.17) is 14.4 Å². The molecule has 2 aromatic carbocycles. The normalized spacial score (nSPS) is 14.5. The summed E-state index contributed by atoms with van der Waals surface area (Å²) >= 11 is 0. The van der Waals surface area contributed by atoms with Crippen molar-refractivity contribution in [1.82, 2.24) is 9.47 Å². The monoisotopic (exact) mass is 405 g/mol. The number of nitriles is 1. The van der Waals surface area contributed by atoms with Crippen molar-refractivity contribution in [1.29, 1.82) is 5.26 Å². The van der Waals surface area contributed by atoms with Crippen molar-refractivity contribution in [2.24, 2.45) is 0 Å². The molecule has 1 aliphatic rings. The van der Waals surface area contributed by atoms with Crippen molar-refractivity contribution in [3.63, 3.8) is 0 Å². The number of benzene rings is 2. The first kappa shape index (κ1) is 19.5. The van der Waals surface area contributed by atoms with Gasteiger partial charge in [0.25, 0.3) is 5.91 Å². The second-order valence-corrected chi connectivity index (χ2v) is 7.13. The van der Waals surface area contributed by atoms with Gasteiger partial charge < -0.3 is 14.1 Å². The Balaban J connectivity index is 1.55. The van der Waals surface area contributed by atoms with Crippen LogP contribution in [0.3, 0.4) is 0 Å². The topological polar surface area (TPSA) is 106 Å². The number of esters is 1. The van der Waals surface area contributed by atoms with Crippen LogP contribution in [0.2, 0.25) is 0 Å². The first-order chi connectivity index (χ1) is 14.5. The Bertz CT molecular complexity index is 1230. The van der Waals surface area contributed by atoms with Crippen LogP contribution in [-0.4, -0.2) is 41.5 Å². The number of rotatable bonds is 3. The molecule has 2 heterocycles. The quantitative estimate of drug-likeness (QED) is 0.621. The van der Waals surface area contributed by atoms with E-state index in [9.17, 15) is 14.4 Å². The first-order valence-corrected chi connectivity index (χ1v) is 9.54. The van der Waals surface area contributed by atoms with Crippen molar-refractivity contribution >= 4 is 23.0 Å². The van der Waals surface area contributed by atoms with Crippen LogP contribution in [0, 0.1) is 11.3 Å². The van der Waals surface area contributed by atoms with E-state index in [0.717, 1.165) is 0 Å². The van der Waals surface area contributed by atoms with Crippen molar-refractivity contribution in [2.45, 2.75) is 18.9 Å². The average Bonchev–Trinajstić information content (AvgIpc) is 3.13. The van der Waals surface area contributed by atoms with E-state index in [-0.39, 0.29) is 11.9 Å². The van der Waals surface area contributed by atoms with Gasteiger partial charge in [-0.1, -0.05) is 6.07 Å². The Morgan fingerprint density at radius 3 is 2.60 bits per heavy atom. The Labute approximate surface area is 171 Å². The van der Waals surface area contributed by atoms with E-state index in [0.29, 0.717) is 53.7 Å². The van der Waals surface area contributed by atoms with Crippen LogP contribution in [0.4, 0.5) is 0 Å². The molecule has 0 aliphatic carbocycles. The summed E-state index contributed by atoms with van der Waals surface area (Å²) in [4.78, 5) is 38.8. The Morgan fingerprint density at radius 2 is 1.90 bits per heavy atom. The second-order valence-electron chi connectivity index (χ2n) is 7.13. The van der Waals surface area contributed by atoms with Gasteiger partial charge in [0.05, 0.1) is 29.8 Å². The molecular weight excluding hydrogens is 386 g/mol. The zero-order valence-electron chi connectivity index (χ0n) is 16.3. The molecule has 0 radical (unpaired) electrons. The molecule has 1 fully saturated rings. The fraction of sp³-hybridized carbons (Fsp3) is 0.273. The molecule has 152 valence electrons. The molecule has 0 N–H and O–H groups in total. The highest BCUT2D eigenvalue weighted by atomic mass is 16.5. The standard InChI is InChI=1S/C22H19N3O5/c1-29-21(27)16-5-6-19-18(12-16)25(22(28)30-19)17-7-9-24(10-8-17)20(26)15-4-2-3-14(11-15)13-23/h2-6,11-12,17H,7-10H2,1H3. The highest BCUT2D eigenvalue weighted by Crippen LogP contribution is 2.27. The molecule has 3 aromatic rings. The number of amides is 1. The largest absolute Gasteiger partial charge is 0.465 e. The van der Waals surface area contributed by atoms with Crippen LogP contribution < -0.4 is 5.76 Å². The summed E-state index contributed by atoms with van der Waals surface area (Å²) < 4.78 is 11.6. The smallest absolute Gasteiger partial charge is 0.420 e. The lowest BCUT2D eigenvalue weighted by atomic mass is 10.0. The van der Waals surface area contributed by atoms with Crippen molar-refractivity contribution in [3.05, 3.63) is 69.7 Å². The molecule has 1 saturated heterocycles. The van der Waals surface area contributed by atoms with Gasteiger partial charge in [0.15, 0.2) is 5.58 Å². The third-order valence-electron chi connectivity index (χ3n) is 5.39. The second kappa shape index (κ2) is 7.87. The summed E-state index contributed by atoms with van der Waals surface area (Å²) in [5, 5.41) is 9.03. The molecule has 8 heteroatoms. The number of likely N-dealkylation sites (tertiary alicyclic amines) is 1. The van der Waals surface area contributed by atoms with E-state index >= 15 is 0 Å².